The number of benzene rings is 1. The maximum absolute atomic E-state index is 9.13. The molecule has 0 bridgehead atoms. The molecular formula is C11H9Cl2NO. The summed E-state index contributed by atoms with van der Waals surface area (Å²) in [5, 5.41) is 19.1. The first-order chi connectivity index (χ1) is 7.14. The van der Waals surface area contributed by atoms with Crippen molar-refractivity contribution in [3.05, 3.63) is 33.8 Å². The molecule has 0 spiro atoms. The van der Waals surface area contributed by atoms with Crippen LogP contribution in [0, 0.1) is 17.2 Å². The summed E-state index contributed by atoms with van der Waals surface area (Å²) in [6, 6.07) is 7.45. The van der Waals surface area contributed by atoms with Gasteiger partial charge < -0.3 is 5.11 Å². The van der Waals surface area contributed by atoms with E-state index in [1.807, 2.05) is 0 Å². The predicted octanol–water partition coefficient (Wildman–Crippen LogP) is 2.77. The first kappa shape index (κ1) is 10.8. The number of nitrogens with zero attached hydrogens (tertiary/aromatic N) is 1. The summed E-state index contributed by atoms with van der Waals surface area (Å²) in [5.41, 5.74) is 0.293. The monoisotopic (exact) mass is 241 g/mol. The van der Waals surface area contributed by atoms with Crippen LogP contribution in [0.1, 0.15) is 12.0 Å². The van der Waals surface area contributed by atoms with Crippen LogP contribution in [0.5, 0.6) is 0 Å². The zero-order valence-electron chi connectivity index (χ0n) is 7.87. The van der Waals surface area contributed by atoms with E-state index in [1.54, 1.807) is 18.2 Å². The van der Waals surface area contributed by atoms with Gasteiger partial charge in [-0.15, -0.1) is 0 Å². The number of halogens is 2. The molecule has 0 aliphatic heterocycles. The van der Waals surface area contributed by atoms with Crippen LogP contribution in [0.2, 0.25) is 10.0 Å². The first-order valence-electron chi connectivity index (χ1n) is 4.61. The topological polar surface area (TPSA) is 44.0 Å². The van der Waals surface area contributed by atoms with Crippen LogP contribution in [-0.4, -0.2) is 11.7 Å². The third-order valence-electron chi connectivity index (χ3n) is 2.96. The summed E-state index contributed by atoms with van der Waals surface area (Å²) < 4.78 is 0. The highest BCUT2D eigenvalue weighted by Crippen LogP contribution is 2.54. The Morgan fingerprint density at radius 1 is 1.47 bits per heavy atom. The van der Waals surface area contributed by atoms with Crippen molar-refractivity contribution < 1.29 is 5.11 Å². The molecular weight excluding hydrogens is 233 g/mol. The van der Waals surface area contributed by atoms with E-state index in [9.17, 15) is 0 Å². The van der Waals surface area contributed by atoms with E-state index in [0.717, 1.165) is 5.56 Å². The number of rotatable bonds is 2. The van der Waals surface area contributed by atoms with Crippen molar-refractivity contribution in [2.24, 2.45) is 5.92 Å². The molecule has 4 heteroatoms. The molecule has 0 amide bonds. The first-order valence-corrected chi connectivity index (χ1v) is 5.37. The van der Waals surface area contributed by atoms with Gasteiger partial charge in [0, 0.05) is 12.5 Å². The lowest BCUT2D eigenvalue weighted by Crippen LogP contribution is -2.09. The molecule has 2 atom stereocenters. The Morgan fingerprint density at radius 2 is 2.20 bits per heavy atom. The predicted molar refractivity (Wildman–Crippen MR) is 58.9 cm³/mol. The second-order valence-electron chi connectivity index (χ2n) is 3.80. The van der Waals surface area contributed by atoms with Crippen molar-refractivity contribution >= 4 is 23.2 Å². The molecule has 2 rings (SSSR count). The van der Waals surface area contributed by atoms with Crippen molar-refractivity contribution in [3.8, 4) is 6.07 Å². The van der Waals surface area contributed by atoms with Gasteiger partial charge in [-0.25, -0.2) is 0 Å². The quantitative estimate of drug-likeness (QED) is 0.866. The highest BCUT2D eigenvalue weighted by atomic mass is 35.5. The van der Waals surface area contributed by atoms with Gasteiger partial charge >= 0.3 is 0 Å². The molecule has 78 valence electrons. The maximum atomic E-state index is 9.13. The van der Waals surface area contributed by atoms with Gasteiger partial charge in [-0.2, -0.15) is 5.26 Å². The SMILES string of the molecule is N#C[C@@]1(c2ccc(Cl)c(Cl)c2)C[C@@H]1CO. The Balaban J connectivity index is 2.39. The Kier molecular flexibility index (Phi) is 2.64. The smallest absolute Gasteiger partial charge is 0.0877 e. The molecule has 1 N–H and O–H groups in total. The van der Waals surface area contributed by atoms with Crippen LogP contribution in [0.15, 0.2) is 18.2 Å². The molecule has 1 saturated carbocycles. The summed E-state index contributed by atoms with van der Waals surface area (Å²) in [7, 11) is 0. The minimum Gasteiger partial charge on any atom is -0.396 e. The fourth-order valence-electron chi connectivity index (χ4n) is 1.88. The van der Waals surface area contributed by atoms with Crippen molar-refractivity contribution in [2.45, 2.75) is 11.8 Å². The van der Waals surface area contributed by atoms with Crippen molar-refractivity contribution in [1.82, 2.24) is 0 Å². The Hall–Kier alpha value is -0.750. The van der Waals surface area contributed by atoms with Gasteiger partial charge in [0.15, 0.2) is 0 Å². The van der Waals surface area contributed by atoms with Gasteiger partial charge in [-0.3, -0.25) is 0 Å². The maximum Gasteiger partial charge on any atom is 0.0877 e. The molecule has 1 aliphatic carbocycles. The summed E-state index contributed by atoms with van der Waals surface area (Å²) in [6.07, 6.45) is 0.692. The molecule has 1 fully saturated rings. The molecule has 0 saturated heterocycles. The van der Waals surface area contributed by atoms with Crippen LogP contribution in [0.4, 0.5) is 0 Å². The van der Waals surface area contributed by atoms with Crippen LogP contribution in [0.3, 0.4) is 0 Å². The summed E-state index contributed by atoms with van der Waals surface area (Å²) in [4.78, 5) is 0. The highest BCUT2D eigenvalue weighted by molar-refractivity contribution is 6.42. The van der Waals surface area contributed by atoms with Gasteiger partial charge in [-0.05, 0) is 24.1 Å². The minimum absolute atomic E-state index is 0.0275. The Morgan fingerprint density at radius 3 is 2.67 bits per heavy atom. The third kappa shape index (κ3) is 1.61. The van der Waals surface area contributed by atoms with Crippen molar-refractivity contribution in [3.63, 3.8) is 0 Å². The molecule has 0 heterocycles. The molecule has 0 radical (unpaired) electrons. The molecule has 0 aromatic heterocycles. The molecule has 1 aliphatic rings. The minimum atomic E-state index is -0.553. The number of aliphatic hydroxyl groups excluding tert-OH is 1. The van der Waals surface area contributed by atoms with Gasteiger partial charge in [0.25, 0.3) is 0 Å². The highest BCUT2D eigenvalue weighted by Gasteiger charge is 2.55. The lowest BCUT2D eigenvalue weighted by Gasteiger charge is -2.09. The summed E-state index contributed by atoms with van der Waals surface area (Å²) >= 11 is 11.7. The van der Waals surface area contributed by atoms with E-state index in [-0.39, 0.29) is 12.5 Å². The van der Waals surface area contributed by atoms with E-state index in [0.29, 0.717) is 16.5 Å². The average molecular weight is 242 g/mol. The van der Waals surface area contributed by atoms with Crippen LogP contribution >= 0.6 is 23.2 Å². The lowest BCUT2D eigenvalue weighted by molar-refractivity contribution is 0.269. The van der Waals surface area contributed by atoms with Crippen LogP contribution in [0.25, 0.3) is 0 Å². The fraction of sp³-hybridized carbons (Fsp3) is 0.364. The van der Waals surface area contributed by atoms with Crippen LogP contribution < -0.4 is 0 Å². The van der Waals surface area contributed by atoms with E-state index in [1.165, 1.54) is 0 Å². The fourth-order valence-corrected chi connectivity index (χ4v) is 2.18. The van der Waals surface area contributed by atoms with E-state index >= 15 is 0 Å². The van der Waals surface area contributed by atoms with E-state index in [4.69, 9.17) is 33.6 Å². The molecule has 1 aromatic rings. The molecule has 1 aromatic carbocycles. The third-order valence-corrected chi connectivity index (χ3v) is 3.70. The van der Waals surface area contributed by atoms with Crippen molar-refractivity contribution in [2.75, 3.05) is 6.61 Å². The Labute approximate surface area is 98.0 Å². The van der Waals surface area contributed by atoms with E-state index < -0.39 is 5.41 Å². The second-order valence-corrected chi connectivity index (χ2v) is 4.61. The zero-order chi connectivity index (χ0) is 11.1. The molecule has 0 unspecified atom stereocenters. The molecule has 2 nitrogen and oxygen atoms in total. The normalized spacial score (nSPS) is 28.5. The number of hydrogen-bond acceptors (Lipinski definition) is 2. The largest absolute Gasteiger partial charge is 0.396 e. The Bertz CT molecular complexity index is 441. The second kappa shape index (κ2) is 3.68. The average Bonchev–Trinajstić information content (AvgIpc) is 2.97. The van der Waals surface area contributed by atoms with Gasteiger partial charge in [0.2, 0.25) is 0 Å². The van der Waals surface area contributed by atoms with Gasteiger partial charge in [0.1, 0.15) is 0 Å². The number of nitriles is 1. The van der Waals surface area contributed by atoms with Gasteiger partial charge in [-0.1, -0.05) is 29.3 Å². The zero-order valence-corrected chi connectivity index (χ0v) is 9.39. The summed E-state index contributed by atoms with van der Waals surface area (Å²) in [5.74, 6) is 0.0275. The number of aliphatic hydroxyl groups is 1. The van der Waals surface area contributed by atoms with E-state index in [2.05, 4.69) is 6.07 Å². The number of hydrogen-bond donors (Lipinski definition) is 1. The standard InChI is InChI=1S/C11H9Cl2NO/c12-9-2-1-7(3-10(9)13)11(6-14)4-8(11)5-15/h1-3,8,15H,4-5H2/t8-,11-/m1/s1. The van der Waals surface area contributed by atoms with Crippen LogP contribution in [-0.2, 0) is 5.41 Å². The summed E-state index contributed by atoms with van der Waals surface area (Å²) in [6.45, 7) is 0.0355. The molecule has 15 heavy (non-hydrogen) atoms. The van der Waals surface area contributed by atoms with Crippen molar-refractivity contribution in [1.29, 1.82) is 5.26 Å². The lowest BCUT2D eigenvalue weighted by atomic mass is 9.95. The van der Waals surface area contributed by atoms with Gasteiger partial charge in [0.05, 0.1) is 21.5 Å².